The van der Waals surface area contributed by atoms with E-state index in [-0.39, 0.29) is 18.2 Å². The van der Waals surface area contributed by atoms with Crippen LogP contribution in [0.5, 0.6) is 5.75 Å². The Balaban J connectivity index is 2.00. The molecule has 0 amide bonds. The van der Waals surface area contributed by atoms with Gasteiger partial charge in [0.15, 0.2) is 0 Å². The number of rotatable bonds is 3. The van der Waals surface area contributed by atoms with E-state index in [0.717, 1.165) is 11.3 Å². The summed E-state index contributed by atoms with van der Waals surface area (Å²) in [5, 5.41) is 20.5. The van der Waals surface area contributed by atoms with Gasteiger partial charge in [-0.25, -0.2) is 0 Å². The molecule has 2 atom stereocenters. The molecule has 1 aliphatic rings. The molecule has 0 aromatic heterocycles. The topological polar surface area (TPSA) is 72.6 Å². The summed E-state index contributed by atoms with van der Waals surface area (Å²) in [6.07, 6.45) is -0.391. The maximum absolute atomic E-state index is 10.9. The van der Waals surface area contributed by atoms with Crippen LogP contribution in [0.2, 0.25) is 0 Å². The molecule has 1 aliphatic heterocycles. The number of nitro groups is 1. The van der Waals surface area contributed by atoms with Crippen LogP contribution in [0.4, 0.5) is 5.69 Å². The number of nitro benzene ring substituents is 1. The van der Waals surface area contributed by atoms with Gasteiger partial charge in [0.25, 0.3) is 5.69 Å². The van der Waals surface area contributed by atoms with Crippen molar-refractivity contribution in [2.45, 2.75) is 12.0 Å². The van der Waals surface area contributed by atoms with E-state index in [1.165, 1.54) is 12.1 Å². The molecule has 2 unspecified atom stereocenters. The van der Waals surface area contributed by atoms with Crippen LogP contribution in [0.25, 0.3) is 0 Å². The molecule has 20 heavy (non-hydrogen) atoms. The normalized spacial score (nSPS) is 20.2. The zero-order valence-corrected chi connectivity index (χ0v) is 10.6. The number of non-ortho nitro benzene ring substituents is 1. The number of aliphatic hydroxyl groups excluding tert-OH is 1. The molecule has 5 nitrogen and oxygen atoms in total. The summed E-state index contributed by atoms with van der Waals surface area (Å²) in [7, 11) is 0. The predicted octanol–water partition coefficient (Wildman–Crippen LogP) is 2.80. The van der Waals surface area contributed by atoms with Crippen molar-refractivity contribution in [2.75, 3.05) is 6.61 Å². The average molecular weight is 271 g/mol. The maximum Gasteiger partial charge on any atom is 0.269 e. The minimum absolute atomic E-state index is 0.0266. The molecule has 1 heterocycles. The number of nitrogens with zero attached hydrogens (tertiary/aromatic N) is 1. The van der Waals surface area contributed by atoms with E-state index < -0.39 is 11.0 Å². The molecule has 1 N–H and O–H groups in total. The van der Waals surface area contributed by atoms with Gasteiger partial charge in [-0.15, -0.1) is 0 Å². The first kappa shape index (κ1) is 12.6. The van der Waals surface area contributed by atoms with Gasteiger partial charge in [-0.3, -0.25) is 10.1 Å². The quantitative estimate of drug-likeness (QED) is 0.688. The zero-order valence-electron chi connectivity index (χ0n) is 10.6. The second-order valence-electron chi connectivity index (χ2n) is 4.72. The largest absolute Gasteiger partial charge is 0.485 e. The number of hydrogen-bond donors (Lipinski definition) is 1. The van der Waals surface area contributed by atoms with E-state index in [1.54, 1.807) is 12.1 Å². The van der Waals surface area contributed by atoms with E-state index in [1.807, 2.05) is 24.3 Å². The molecule has 2 aromatic rings. The van der Waals surface area contributed by atoms with Crippen molar-refractivity contribution in [2.24, 2.45) is 0 Å². The van der Waals surface area contributed by atoms with Gasteiger partial charge in [-0.2, -0.15) is 0 Å². The van der Waals surface area contributed by atoms with E-state index in [9.17, 15) is 15.2 Å². The van der Waals surface area contributed by atoms with Crippen LogP contribution in [-0.2, 0) is 0 Å². The number of fused-ring (bicyclic) bond motifs is 1. The van der Waals surface area contributed by atoms with Gasteiger partial charge in [0.1, 0.15) is 11.9 Å². The highest BCUT2D eigenvalue weighted by molar-refractivity contribution is 5.45. The number of benzene rings is 2. The van der Waals surface area contributed by atoms with Crippen molar-refractivity contribution < 1.29 is 14.8 Å². The van der Waals surface area contributed by atoms with Gasteiger partial charge in [-0.1, -0.05) is 30.3 Å². The SMILES string of the molecule is O=[N+]([O-])c1cccc(C2Oc3ccccc3C2CO)c1. The van der Waals surface area contributed by atoms with Gasteiger partial charge in [0.2, 0.25) is 0 Å². The zero-order chi connectivity index (χ0) is 14.1. The van der Waals surface area contributed by atoms with Crippen molar-refractivity contribution in [3.63, 3.8) is 0 Å². The minimum Gasteiger partial charge on any atom is -0.485 e. The second-order valence-corrected chi connectivity index (χ2v) is 4.72. The summed E-state index contributed by atoms with van der Waals surface area (Å²) >= 11 is 0. The third-order valence-corrected chi connectivity index (χ3v) is 3.54. The van der Waals surface area contributed by atoms with Gasteiger partial charge in [0, 0.05) is 17.7 Å². The predicted molar refractivity (Wildman–Crippen MR) is 72.7 cm³/mol. The molecule has 0 aliphatic carbocycles. The summed E-state index contributed by atoms with van der Waals surface area (Å²) in [6, 6.07) is 13.9. The Labute approximate surface area is 115 Å². The monoisotopic (exact) mass is 271 g/mol. The molecule has 2 aromatic carbocycles. The first-order chi connectivity index (χ1) is 9.70. The molecule has 0 saturated heterocycles. The molecule has 3 rings (SSSR count). The lowest BCUT2D eigenvalue weighted by Crippen LogP contribution is -2.13. The van der Waals surface area contributed by atoms with Crippen LogP contribution in [-0.4, -0.2) is 16.6 Å². The summed E-state index contributed by atoms with van der Waals surface area (Å²) in [5.41, 5.74) is 1.67. The standard InChI is InChI=1S/C15H13NO4/c17-9-13-12-6-1-2-7-14(12)20-15(13)10-4-3-5-11(8-10)16(18)19/h1-8,13,15,17H,9H2. The van der Waals surface area contributed by atoms with Gasteiger partial charge >= 0.3 is 0 Å². The summed E-state index contributed by atoms with van der Waals surface area (Å²) < 4.78 is 5.85. The lowest BCUT2D eigenvalue weighted by atomic mass is 9.92. The lowest BCUT2D eigenvalue weighted by Gasteiger charge is -2.17. The Morgan fingerprint density at radius 1 is 1.20 bits per heavy atom. The fourth-order valence-electron chi connectivity index (χ4n) is 2.59. The van der Waals surface area contributed by atoms with E-state index in [2.05, 4.69) is 0 Å². The van der Waals surface area contributed by atoms with Crippen LogP contribution in [0.15, 0.2) is 48.5 Å². The molecule has 0 bridgehead atoms. The highest BCUT2D eigenvalue weighted by Crippen LogP contribution is 2.45. The first-order valence-corrected chi connectivity index (χ1v) is 6.31. The second kappa shape index (κ2) is 4.94. The third-order valence-electron chi connectivity index (χ3n) is 3.54. The summed E-state index contributed by atoms with van der Waals surface area (Å²) in [6.45, 7) is -0.0651. The highest BCUT2D eigenvalue weighted by atomic mass is 16.6. The number of hydrogen-bond acceptors (Lipinski definition) is 4. The van der Waals surface area contributed by atoms with Gasteiger partial charge < -0.3 is 9.84 Å². The van der Waals surface area contributed by atoms with Crippen molar-refractivity contribution in [1.82, 2.24) is 0 Å². The molecule has 0 spiro atoms. The van der Waals surface area contributed by atoms with Crippen LogP contribution in [0.3, 0.4) is 0 Å². The maximum atomic E-state index is 10.9. The van der Waals surface area contributed by atoms with Gasteiger partial charge in [0.05, 0.1) is 17.4 Å². The van der Waals surface area contributed by atoms with Crippen molar-refractivity contribution in [1.29, 1.82) is 0 Å². The number of para-hydroxylation sites is 1. The number of aliphatic hydroxyl groups is 1. The molecule has 0 saturated carbocycles. The summed E-state index contributed by atoms with van der Waals surface area (Å²) in [4.78, 5) is 10.4. The minimum atomic E-state index is -0.431. The summed E-state index contributed by atoms with van der Waals surface area (Å²) in [5.74, 6) is 0.524. The van der Waals surface area contributed by atoms with E-state index in [4.69, 9.17) is 4.74 Å². The fraction of sp³-hybridized carbons (Fsp3) is 0.200. The van der Waals surface area contributed by atoms with E-state index >= 15 is 0 Å². The molecule has 5 heteroatoms. The Kier molecular flexibility index (Phi) is 3.12. The fourth-order valence-corrected chi connectivity index (χ4v) is 2.59. The molecule has 0 fully saturated rings. The van der Waals surface area contributed by atoms with Crippen LogP contribution >= 0.6 is 0 Å². The Morgan fingerprint density at radius 3 is 2.75 bits per heavy atom. The Bertz CT molecular complexity index is 656. The highest BCUT2D eigenvalue weighted by Gasteiger charge is 2.35. The smallest absolute Gasteiger partial charge is 0.269 e. The van der Waals surface area contributed by atoms with E-state index in [0.29, 0.717) is 5.56 Å². The lowest BCUT2D eigenvalue weighted by molar-refractivity contribution is -0.385. The third kappa shape index (κ3) is 2.02. The van der Waals surface area contributed by atoms with Crippen LogP contribution < -0.4 is 4.74 Å². The van der Waals surface area contributed by atoms with Crippen LogP contribution in [0, 0.1) is 10.1 Å². The van der Waals surface area contributed by atoms with Crippen LogP contribution in [0.1, 0.15) is 23.1 Å². The molecular formula is C15H13NO4. The van der Waals surface area contributed by atoms with Crippen molar-refractivity contribution >= 4 is 5.69 Å². The van der Waals surface area contributed by atoms with Gasteiger partial charge in [-0.05, 0) is 11.6 Å². The molecular weight excluding hydrogens is 258 g/mol. The van der Waals surface area contributed by atoms with Crippen molar-refractivity contribution in [3.05, 3.63) is 69.8 Å². The number of ether oxygens (including phenoxy) is 1. The first-order valence-electron chi connectivity index (χ1n) is 6.31. The molecule has 0 radical (unpaired) electrons. The molecule has 102 valence electrons. The Hall–Kier alpha value is -2.40. The van der Waals surface area contributed by atoms with Crippen molar-refractivity contribution in [3.8, 4) is 5.75 Å². The average Bonchev–Trinajstić information content (AvgIpc) is 2.86. The Morgan fingerprint density at radius 2 is 2.00 bits per heavy atom.